The average molecular weight is 291 g/mol. The second-order valence-electron chi connectivity index (χ2n) is 6.64. The molecule has 1 aromatic carbocycles. The van der Waals surface area contributed by atoms with Gasteiger partial charge in [-0.05, 0) is 63.8 Å². The van der Waals surface area contributed by atoms with Crippen LogP contribution in [0.4, 0.5) is 0 Å². The maximum Gasteiger partial charge on any atom is 0.122 e. The summed E-state index contributed by atoms with van der Waals surface area (Å²) in [5.74, 6) is 1.03. The Morgan fingerprint density at radius 1 is 1.24 bits per heavy atom. The summed E-state index contributed by atoms with van der Waals surface area (Å²) in [6.45, 7) is 10.6. The van der Waals surface area contributed by atoms with E-state index in [2.05, 4.69) is 51.2 Å². The van der Waals surface area contributed by atoms with Gasteiger partial charge in [-0.2, -0.15) is 0 Å². The van der Waals surface area contributed by atoms with Crippen molar-refractivity contribution in [1.82, 2.24) is 5.32 Å². The van der Waals surface area contributed by atoms with Gasteiger partial charge in [0.05, 0.1) is 12.2 Å². The van der Waals surface area contributed by atoms with Crippen molar-refractivity contribution in [3.63, 3.8) is 0 Å². The first-order chi connectivity index (χ1) is 10.0. The number of nitrogens with one attached hydrogen (secondary N) is 1. The van der Waals surface area contributed by atoms with E-state index in [0.29, 0.717) is 19.3 Å². The molecule has 0 bridgehead atoms. The van der Waals surface area contributed by atoms with Gasteiger partial charge in [-0.25, -0.2) is 0 Å². The van der Waals surface area contributed by atoms with E-state index in [1.165, 1.54) is 24.0 Å². The summed E-state index contributed by atoms with van der Waals surface area (Å²) in [5.41, 5.74) is 2.69. The van der Waals surface area contributed by atoms with Crippen LogP contribution >= 0.6 is 0 Å². The molecule has 1 aliphatic carbocycles. The van der Waals surface area contributed by atoms with Gasteiger partial charge in [0.1, 0.15) is 12.4 Å². The molecule has 0 saturated heterocycles. The van der Waals surface area contributed by atoms with Crippen LogP contribution in [0.15, 0.2) is 18.2 Å². The van der Waals surface area contributed by atoms with Gasteiger partial charge in [0.25, 0.3) is 0 Å². The van der Waals surface area contributed by atoms with Crippen LogP contribution in [0, 0.1) is 0 Å². The number of hydrogen-bond acceptors (Lipinski definition) is 3. The van der Waals surface area contributed by atoms with Crippen LogP contribution in [0.25, 0.3) is 0 Å². The quantitative estimate of drug-likeness (QED) is 0.807. The molecule has 1 aromatic rings. The van der Waals surface area contributed by atoms with Gasteiger partial charge < -0.3 is 14.8 Å². The van der Waals surface area contributed by atoms with Crippen molar-refractivity contribution in [3.05, 3.63) is 29.3 Å². The highest BCUT2D eigenvalue weighted by Crippen LogP contribution is 2.35. The molecule has 0 saturated carbocycles. The number of ether oxygens (including phenoxy) is 2. The van der Waals surface area contributed by atoms with Crippen LogP contribution in [0.1, 0.15) is 57.7 Å². The molecule has 1 unspecified atom stereocenters. The predicted octanol–water partition coefficient (Wildman–Crippen LogP) is 3.87. The zero-order chi connectivity index (χ0) is 15.3. The second kappa shape index (κ2) is 7.28. The fraction of sp³-hybridized carbons (Fsp3) is 0.667. The van der Waals surface area contributed by atoms with Crippen molar-refractivity contribution in [3.8, 4) is 5.75 Å². The molecule has 0 fully saturated rings. The van der Waals surface area contributed by atoms with Crippen molar-refractivity contribution in [2.75, 3.05) is 19.8 Å². The number of benzene rings is 1. The normalized spacial score (nSPS) is 18.4. The van der Waals surface area contributed by atoms with Crippen LogP contribution in [0.5, 0.6) is 5.75 Å². The Balaban J connectivity index is 1.99. The summed E-state index contributed by atoms with van der Waals surface area (Å²) < 4.78 is 11.7. The van der Waals surface area contributed by atoms with Gasteiger partial charge in [-0.1, -0.05) is 19.1 Å². The van der Waals surface area contributed by atoms with Gasteiger partial charge in [0.2, 0.25) is 0 Å². The molecule has 0 spiro atoms. The number of hydrogen-bond donors (Lipinski definition) is 1. The molecule has 0 heterocycles. The van der Waals surface area contributed by atoms with Gasteiger partial charge in [0.15, 0.2) is 0 Å². The van der Waals surface area contributed by atoms with Crippen LogP contribution in [0.3, 0.4) is 0 Å². The van der Waals surface area contributed by atoms with E-state index in [-0.39, 0.29) is 5.60 Å². The maximum atomic E-state index is 5.97. The van der Waals surface area contributed by atoms with Gasteiger partial charge in [-0.15, -0.1) is 0 Å². The first-order valence-corrected chi connectivity index (χ1v) is 8.13. The number of fused-ring (bicyclic) bond motifs is 1. The molecule has 0 aromatic heterocycles. The van der Waals surface area contributed by atoms with Crippen LogP contribution in [-0.2, 0) is 11.2 Å². The molecule has 2 rings (SSSR count). The van der Waals surface area contributed by atoms with Crippen LogP contribution in [0.2, 0.25) is 0 Å². The molecular weight excluding hydrogens is 262 g/mol. The molecule has 0 radical (unpaired) electrons. The smallest absolute Gasteiger partial charge is 0.122 e. The van der Waals surface area contributed by atoms with Gasteiger partial charge in [0, 0.05) is 6.04 Å². The molecule has 0 amide bonds. The molecule has 21 heavy (non-hydrogen) atoms. The lowest BCUT2D eigenvalue weighted by molar-refractivity contribution is -0.0164. The number of rotatable bonds is 6. The van der Waals surface area contributed by atoms with E-state index < -0.39 is 0 Å². The minimum atomic E-state index is -0.102. The Hall–Kier alpha value is -1.06. The largest absolute Gasteiger partial charge is 0.491 e. The van der Waals surface area contributed by atoms with Crippen LogP contribution in [-0.4, -0.2) is 25.4 Å². The fourth-order valence-corrected chi connectivity index (χ4v) is 2.91. The summed E-state index contributed by atoms with van der Waals surface area (Å²) in [7, 11) is 0. The molecule has 1 atom stereocenters. The molecule has 0 aliphatic heterocycles. The second-order valence-corrected chi connectivity index (χ2v) is 6.64. The lowest BCUT2D eigenvalue weighted by Gasteiger charge is -2.28. The van der Waals surface area contributed by atoms with Gasteiger partial charge in [-0.3, -0.25) is 0 Å². The highest BCUT2D eigenvalue weighted by molar-refractivity contribution is 5.43. The van der Waals surface area contributed by atoms with E-state index in [4.69, 9.17) is 9.47 Å². The Labute approximate surface area is 129 Å². The first-order valence-electron chi connectivity index (χ1n) is 8.13. The van der Waals surface area contributed by atoms with Crippen molar-refractivity contribution >= 4 is 0 Å². The Morgan fingerprint density at radius 3 is 2.76 bits per heavy atom. The average Bonchev–Trinajstić information content (AvgIpc) is 2.43. The lowest BCUT2D eigenvalue weighted by Crippen LogP contribution is -2.25. The van der Waals surface area contributed by atoms with Crippen molar-refractivity contribution in [2.45, 2.75) is 58.6 Å². The third kappa shape index (κ3) is 4.72. The molecule has 118 valence electrons. The predicted molar refractivity (Wildman–Crippen MR) is 87.0 cm³/mol. The summed E-state index contributed by atoms with van der Waals surface area (Å²) in [6, 6.07) is 6.91. The third-order valence-corrected chi connectivity index (χ3v) is 3.79. The third-order valence-electron chi connectivity index (χ3n) is 3.79. The van der Waals surface area contributed by atoms with E-state index >= 15 is 0 Å². The van der Waals surface area contributed by atoms with Crippen molar-refractivity contribution in [2.24, 2.45) is 0 Å². The Bertz CT molecular complexity index is 451. The minimum Gasteiger partial charge on any atom is -0.491 e. The van der Waals surface area contributed by atoms with Crippen LogP contribution < -0.4 is 10.1 Å². The topological polar surface area (TPSA) is 30.5 Å². The molecular formula is C18H29NO2. The van der Waals surface area contributed by atoms with E-state index in [0.717, 1.165) is 18.7 Å². The molecule has 1 aliphatic rings. The summed E-state index contributed by atoms with van der Waals surface area (Å²) in [6.07, 6.45) is 3.56. The fourth-order valence-electron chi connectivity index (χ4n) is 2.91. The monoisotopic (exact) mass is 291 g/mol. The summed E-state index contributed by atoms with van der Waals surface area (Å²) >= 11 is 0. The van der Waals surface area contributed by atoms with E-state index in [1.54, 1.807) is 0 Å². The van der Waals surface area contributed by atoms with Gasteiger partial charge >= 0.3 is 0 Å². The van der Waals surface area contributed by atoms with E-state index in [1.807, 2.05) is 0 Å². The zero-order valence-electron chi connectivity index (χ0n) is 13.9. The maximum absolute atomic E-state index is 5.97. The zero-order valence-corrected chi connectivity index (χ0v) is 13.9. The SMILES string of the molecule is CCNC1CCCc2c(OCCOC(C)(C)C)cccc21. The first kappa shape index (κ1) is 16.3. The molecule has 1 N–H and O–H groups in total. The highest BCUT2D eigenvalue weighted by atomic mass is 16.5. The van der Waals surface area contributed by atoms with Crippen molar-refractivity contribution < 1.29 is 9.47 Å². The summed E-state index contributed by atoms with van der Waals surface area (Å²) in [4.78, 5) is 0. The molecule has 3 nitrogen and oxygen atoms in total. The lowest BCUT2D eigenvalue weighted by atomic mass is 9.87. The highest BCUT2D eigenvalue weighted by Gasteiger charge is 2.22. The summed E-state index contributed by atoms with van der Waals surface area (Å²) in [5, 5.41) is 3.57. The Kier molecular flexibility index (Phi) is 5.65. The minimum absolute atomic E-state index is 0.102. The molecule has 3 heteroatoms. The Morgan fingerprint density at radius 2 is 2.05 bits per heavy atom. The van der Waals surface area contributed by atoms with E-state index in [9.17, 15) is 0 Å². The van der Waals surface area contributed by atoms with Crippen molar-refractivity contribution in [1.29, 1.82) is 0 Å². The standard InChI is InChI=1S/C18H29NO2/c1-5-19-16-10-6-9-15-14(16)8-7-11-17(15)20-12-13-21-18(2,3)4/h7-8,11,16,19H,5-6,9-10,12-13H2,1-4H3.